The van der Waals surface area contributed by atoms with Gasteiger partial charge in [-0.2, -0.15) is 0 Å². The van der Waals surface area contributed by atoms with Crippen LogP contribution in [-0.4, -0.2) is 26.0 Å². The molecule has 8 heteroatoms. The van der Waals surface area contributed by atoms with Crippen LogP contribution in [-0.2, 0) is 0 Å². The molecule has 0 heterocycles. The van der Waals surface area contributed by atoms with E-state index in [1.165, 1.54) is 0 Å². The van der Waals surface area contributed by atoms with Crippen molar-refractivity contribution < 1.29 is 19.1 Å². The maximum absolute atomic E-state index is 12.7. The van der Waals surface area contributed by atoms with Crippen LogP contribution >= 0.6 is 31.9 Å². The van der Waals surface area contributed by atoms with Gasteiger partial charge in [-0.15, -0.1) is 0 Å². The van der Waals surface area contributed by atoms with Crippen molar-refractivity contribution in [3.8, 4) is 22.6 Å². The second-order valence-electron chi connectivity index (χ2n) is 7.70. The van der Waals surface area contributed by atoms with Crippen LogP contribution in [0.25, 0.3) is 11.1 Å². The fourth-order valence-electron chi connectivity index (χ4n) is 3.62. The third kappa shape index (κ3) is 5.61. The highest BCUT2D eigenvalue weighted by Gasteiger charge is 2.16. The summed E-state index contributed by atoms with van der Waals surface area (Å²) in [4.78, 5) is 25.5. The minimum atomic E-state index is -0.250. The maximum atomic E-state index is 12.7. The van der Waals surface area contributed by atoms with Gasteiger partial charge in [0.25, 0.3) is 11.8 Å². The van der Waals surface area contributed by atoms with Crippen molar-refractivity contribution in [3.63, 3.8) is 0 Å². The normalized spacial score (nSPS) is 10.4. The Morgan fingerprint density at radius 1 is 0.611 bits per heavy atom. The highest BCUT2D eigenvalue weighted by Crippen LogP contribution is 2.35. The van der Waals surface area contributed by atoms with E-state index in [0.717, 1.165) is 11.1 Å². The van der Waals surface area contributed by atoms with Gasteiger partial charge >= 0.3 is 0 Å². The number of hydrogen-bond acceptors (Lipinski definition) is 4. The molecule has 0 unspecified atom stereocenters. The van der Waals surface area contributed by atoms with Crippen molar-refractivity contribution in [1.29, 1.82) is 0 Å². The van der Waals surface area contributed by atoms with Crippen LogP contribution in [0.2, 0.25) is 0 Å². The average molecular weight is 610 g/mol. The van der Waals surface area contributed by atoms with Crippen LogP contribution in [0.1, 0.15) is 20.7 Å². The summed E-state index contributed by atoms with van der Waals surface area (Å²) in [6, 6.07) is 25.4. The van der Waals surface area contributed by atoms with Crippen molar-refractivity contribution in [2.24, 2.45) is 0 Å². The Labute approximate surface area is 225 Å². The van der Waals surface area contributed by atoms with E-state index >= 15 is 0 Å². The number of amides is 2. The number of rotatable bonds is 7. The summed E-state index contributed by atoms with van der Waals surface area (Å²) in [5.74, 6) is 0.525. The molecule has 0 spiro atoms. The Kier molecular flexibility index (Phi) is 8.07. The monoisotopic (exact) mass is 608 g/mol. The van der Waals surface area contributed by atoms with Crippen LogP contribution in [0.4, 0.5) is 11.4 Å². The summed E-state index contributed by atoms with van der Waals surface area (Å²) in [5, 5.41) is 5.80. The summed E-state index contributed by atoms with van der Waals surface area (Å²) < 4.78 is 12.5. The molecule has 0 aliphatic carbocycles. The molecule has 0 radical (unpaired) electrons. The summed E-state index contributed by atoms with van der Waals surface area (Å²) in [6.45, 7) is 0. The first-order valence-electron chi connectivity index (χ1n) is 10.9. The molecule has 0 aliphatic heterocycles. The SMILES string of the molecule is COc1cc(-c2ccc(NC(=O)c3ccccc3Br)c(OC)c2)ccc1NC(=O)c1ccccc1Br. The topological polar surface area (TPSA) is 76.7 Å². The van der Waals surface area contributed by atoms with Gasteiger partial charge in [-0.1, -0.05) is 36.4 Å². The largest absolute Gasteiger partial charge is 0.495 e. The second kappa shape index (κ2) is 11.4. The van der Waals surface area contributed by atoms with E-state index in [1.807, 2.05) is 48.5 Å². The number of carbonyl (C=O) groups excluding carboxylic acids is 2. The van der Waals surface area contributed by atoms with Gasteiger partial charge in [0.2, 0.25) is 0 Å². The van der Waals surface area contributed by atoms with E-state index in [9.17, 15) is 9.59 Å². The number of ether oxygens (including phenoxy) is 2. The molecule has 36 heavy (non-hydrogen) atoms. The molecule has 0 atom stereocenters. The highest BCUT2D eigenvalue weighted by molar-refractivity contribution is 9.10. The third-order valence-electron chi connectivity index (χ3n) is 5.47. The average Bonchev–Trinajstić information content (AvgIpc) is 2.89. The van der Waals surface area contributed by atoms with Crippen molar-refractivity contribution in [1.82, 2.24) is 0 Å². The predicted octanol–water partition coefficient (Wildman–Crippen LogP) is 7.40. The van der Waals surface area contributed by atoms with Gasteiger partial charge < -0.3 is 20.1 Å². The Hall–Kier alpha value is -3.62. The molecule has 0 saturated heterocycles. The Morgan fingerprint density at radius 2 is 1.00 bits per heavy atom. The van der Waals surface area contributed by atoms with E-state index in [2.05, 4.69) is 42.5 Å². The van der Waals surface area contributed by atoms with Gasteiger partial charge in [-0.3, -0.25) is 9.59 Å². The molecule has 4 rings (SSSR count). The predicted molar refractivity (Wildman–Crippen MR) is 149 cm³/mol. The van der Waals surface area contributed by atoms with E-state index in [4.69, 9.17) is 9.47 Å². The van der Waals surface area contributed by atoms with Crippen LogP contribution in [0.5, 0.6) is 11.5 Å². The molecular formula is C28H22Br2N2O4. The Balaban J connectivity index is 1.58. The van der Waals surface area contributed by atoms with Gasteiger partial charge in [0.05, 0.1) is 36.7 Å². The molecular weight excluding hydrogens is 588 g/mol. The number of carbonyl (C=O) groups is 2. The van der Waals surface area contributed by atoms with Crippen molar-refractivity contribution >= 4 is 55.0 Å². The van der Waals surface area contributed by atoms with Crippen molar-refractivity contribution in [2.45, 2.75) is 0 Å². The van der Waals surface area contributed by atoms with Crippen molar-refractivity contribution in [2.75, 3.05) is 24.9 Å². The molecule has 4 aromatic rings. The van der Waals surface area contributed by atoms with Gasteiger partial charge in [0, 0.05) is 8.95 Å². The molecule has 0 bridgehead atoms. The first kappa shape index (κ1) is 25.5. The molecule has 182 valence electrons. The number of halogens is 2. The number of methoxy groups -OCH3 is 2. The summed E-state index contributed by atoms with van der Waals surface area (Å²) in [6.07, 6.45) is 0. The third-order valence-corrected chi connectivity index (χ3v) is 6.85. The highest BCUT2D eigenvalue weighted by atomic mass is 79.9. The van der Waals surface area contributed by atoms with Crippen LogP contribution < -0.4 is 20.1 Å². The van der Waals surface area contributed by atoms with E-state index in [1.54, 1.807) is 50.6 Å². The van der Waals surface area contributed by atoms with E-state index < -0.39 is 0 Å². The zero-order valence-electron chi connectivity index (χ0n) is 19.5. The lowest BCUT2D eigenvalue weighted by Gasteiger charge is -2.15. The lowest BCUT2D eigenvalue weighted by molar-refractivity contribution is 0.101. The molecule has 4 aromatic carbocycles. The van der Waals surface area contributed by atoms with E-state index in [-0.39, 0.29) is 11.8 Å². The first-order chi connectivity index (χ1) is 17.4. The van der Waals surface area contributed by atoms with Gasteiger partial charge in [-0.05, 0) is 91.5 Å². The van der Waals surface area contributed by atoms with Gasteiger partial charge in [0.1, 0.15) is 11.5 Å². The fraction of sp³-hybridized carbons (Fsp3) is 0.0714. The lowest BCUT2D eigenvalue weighted by Crippen LogP contribution is -2.13. The Morgan fingerprint density at radius 3 is 1.36 bits per heavy atom. The molecule has 0 fully saturated rings. The lowest BCUT2D eigenvalue weighted by atomic mass is 10.0. The van der Waals surface area contributed by atoms with Gasteiger partial charge in [-0.25, -0.2) is 0 Å². The molecule has 2 N–H and O–H groups in total. The van der Waals surface area contributed by atoms with Gasteiger partial charge in [0.15, 0.2) is 0 Å². The second-order valence-corrected chi connectivity index (χ2v) is 9.41. The van der Waals surface area contributed by atoms with Crippen molar-refractivity contribution in [3.05, 3.63) is 105 Å². The molecule has 6 nitrogen and oxygen atoms in total. The summed E-state index contributed by atoms with van der Waals surface area (Å²) in [7, 11) is 3.10. The zero-order valence-corrected chi connectivity index (χ0v) is 22.6. The first-order valence-corrected chi connectivity index (χ1v) is 12.5. The number of anilines is 2. The summed E-state index contributed by atoms with van der Waals surface area (Å²) in [5.41, 5.74) is 3.85. The van der Waals surface area contributed by atoms with Crippen LogP contribution in [0.15, 0.2) is 93.9 Å². The minimum absolute atomic E-state index is 0.250. The molecule has 0 saturated carbocycles. The quantitative estimate of drug-likeness (QED) is 0.229. The smallest absolute Gasteiger partial charge is 0.256 e. The standard InChI is InChI=1S/C28H22Br2N2O4/c1-35-25-15-17(11-13-23(25)31-27(33)19-7-3-5-9-21(19)29)18-12-14-24(26(16-18)36-2)32-28(34)20-8-4-6-10-22(20)30/h3-16H,1-2H3,(H,31,33)(H,32,34). The molecule has 2 amide bonds. The number of hydrogen-bond donors (Lipinski definition) is 2. The minimum Gasteiger partial charge on any atom is -0.495 e. The summed E-state index contributed by atoms with van der Waals surface area (Å²) >= 11 is 6.81. The van der Waals surface area contributed by atoms with E-state index in [0.29, 0.717) is 42.9 Å². The Bertz CT molecular complexity index is 1330. The number of nitrogens with one attached hydrogen (secondary N) is 2. The fourth-order valence-corrected chi connectivity index (χ4v) is 4.55. The molecule has 0 aliphatic rings. The number of benzene rings is 4. The van der Waals surface area contributed by atoms with Crippen LogP contribution in [0.3, 0.4) is 0 Å². The molecule has 0 aromatic heterocycles. The zero-order chi connectivity index (χ0) is 25.7. The maximum Gasteiger partial charge on any atom is 0.256 e. The van der Waals surface area contributed by atoms with Crippen LogP contribution in [0, 0.1) is 0 Å².